The van der Waals surface area contributed by atoms with Gasteiger partial charge in [-0.25, -0.2) is 10.4 Å². The molecule has 0 aliphatic rings. The lowest BCUT2D eigenvalue weighted by Crippen LogP contribution is -1.92. The van der Waals surface area contributed by atoms with E-state index in [2.05, 4.69) is 15.5 Å². The van der Waals surface area contributed by atoms with E-state index in [-0.39, 0.29) is 11.6 Å². The van der Waals surface area contributed by atoms with Crippen LogP contribution in [0.2, 0.25) is 10.0 Å². The summed E-state index contributed by atoms with van der Waals surface area (Å²) in [6.45, 7) is 1.64. The van der Waals surface area contributed by atoms with Crippen molar-refractivity contribution in [1.82, 2.24) is 4.98 Å². The molecule has 0 atom stereocenters. The summed E-state index contributed by atoms with van der Waals surface area (Å²) in [5, 5.41) is 13.7. The number of oxazole rings is 1. The van der Waals surface area contributed by atoms with E-state index in [0.29, 0.717) is 21.5 Å². The van der Waals surface area contributed by atoms with Gasteiger partial charge >= 0.3 is 0 Å². The smallest absolute Gasteiger partial charge is 0.252 e. The number of nitriles is 1. The first-order valence-corrected chi connectivity index (χ1v) is 5.98. The minimum Gasteiger partial charge on any atom is -0.422 e. The molecule has 96 valence electrons. The Labute approximate surface area is 119 Å². The summed E-state index contributed by atoms with van der Waals surface area (Å²) in [4.78, 5) is 3.87. The molecule has 2 rings (SSSR count). The molecular weight excluding hydrogens is 287 g/mol. The quantitative estimate of drug-likeness (QED) is 0.693. The van der Waals surface area contributed by atoms with Crippen molar-refractivity contribution >= 4 is 35.3 Å². The molecule has 1 aromatic carbocycles. The Morgan fingerprint density at radius 3 is 2.74 bits per heavy atom. The van der Waals surface area contributed by atoms with Gasteiger partial charge in [-0.1, -0.05) is 29.3 Å². The van der Waals surface area contributed by atoms with Gasteiger partial charge in [-0.3, -0.25) is 0 Å². The standard InChI is InChI=1S/C12H8Cl2N4O/c1-7-17-11(5-15)12(19-7)18-16-6-8-9(13)3-2-4-10(8)14/h2-4,6,18H,1H3. The number of nitrogens with zero attached hydrogens (tertiary/aromatic N) is 3. The third-order valence-corrected chi connectivity index (χ3v) is 2.86. The monoisotopic (exact) mass is 294 g/mol. The second kappa shape index (κ2) is 5.74. The largest absolute Gasteiger partial charge is 0.422 e. The molecule has 0 radical (unpaired) electrons. The molecular formula is C12H8Cl2N4O. The predicted molar refractivity (Wildman–Crippen MR) is 73.6 cm³/mol. The second-order valence-electron chi connectivity index (χ2n) is 3.53. The fraction of sp³-hybridized carbons (Fsp3) is 0.0833. The second-order valence-corrected chi connectivity index (χ2v) is 4.34. The lowest BCUT2D eigenvalue weighted by Gasteiger charge is -2.00. The first kappa shape index (κ1) is 13.4. The highest BCUT2D eigenvalue weighted by Crippen LogP contribution is 2.22. The number of anilines is 1. The van der Waals surface area contributed by atoms with Crippen molar-refractivity contribution in [2.45, 2.75) is 6.92 Å². The molecule has 1 heterocycles. The van der Waals surface area contributed by atoms with Crippen LogP contribution in [0.4, 0.5) is 5.88 Å². The summed E-state index contributed by atoms with van der Waals surface area (Å²) in [5.41, 5.74) is 3.30. The molecule has 1 N–H and O–H groups in total. The zero-order chi connectivity index (χ0) is 13.8. The fourth-order valence-electron chi connectivity index (χ4n) is 1.37. The van der Waals surface area contributed by atoms with Gasteiger partial charge in [-0.15, -0.1) is 0 Å². The van der Waals surface area contributed by atoms with Crippen LogP contribution in [-0.4, -0.2) is 11.2 Å². The van der Waals surface area contributed by atoms with Crippen LogP contribution in [0.3, 0.4) is 0 Å². The molecule has 5 nitrogen and oxygen atoms in total. The van der Waals surface area contributed by atoms with E-state index in [4.69, 9.17) is 32.9 Å². The van der Waals surface area contributed by atoms with E-state index < -0.39 is 0 Å². The Morgan fingerprint density at radius 2 is 2.11 bits per heavy atom. The number of hydrazone groups is 1. The van der Waals surface area contributed by atoms with Crippen molar-refractivity contribution in [3.63, 3.8) is 0 Å². The number of halogens is 2. The average Bonchev–Trinajstić information content (AvgIpc) is 2.73. The van der Waals surface area contributed by atoms with Gasteiger partial charge in [0.1, 0.15) is 6.07 Å². The predicted octanol–water partition coefficient (Wildman–Crippen LogP) is 3.61. The third-order valence-electron chi connectivity index (χ3n) is 2.20. The van der Waals surface area contributed by atoms with Crippen molar-refractivity contribution in [3.8, 4) is 6.07 Å². The first-order valence-electron chi connectivity index (χ1n) is 5.22. The number of aryl methyl sites for hydroxylation is 1. The van der Waals surface area contributed by atoms with Gasteiger partial charge in [0.15, 0.2) is 5.89 Å². The lowest BCUT2D eigenvalue weighted by atomic mass is 10.2. The van der Waals surface area contributed by atoms with Crippen LogP contribution in [0.5, 0.6) is 0 Å². The van der Waals surface area contributed by atoms with Crippen LogP contribution in [-0.2, 0) is 0 Å². The normalized spacial score (nSPS) is 10.6. The molecule has 19 heavy (non-hydrogen) atoms. The van der Waals surface area contributed by atoms with Crippen LogP contribution in [0.15, 0.2) is 27.7 Å². The van der Waals surface area contributed by atoms with Gasteiger partial charge in [0.25, 0.3) is 5.88 Å². The van der Waals surface area contributed by atoms with E-state index >= 15 is 0 Å². The summed E-state index contributed by atoms with van der Waals surface area (Å²) in [6.07, 6.45) is 1.45. The summed E-state index contributed by atoms with van der Waals surface area (Å²) < 4.78 is 5.18. The van der Waals surface area contributed by atoms with E-state index in [9.17, 15) is 0 Å². The van der Waals surface area contributed by atoms with Gasteiger partial charge in [0.2, 0.25) is 5.69 Å². The maximum absolute atomic E-state index is 8.83. The van der Waals surface area contributed by atoms with Gasteiger partial charge in [-0.05, 0) is 12.1 Å². The number of nitrogens with one attached hydrogen (secondary N) is 1. The van der Waals surface area contributed by atoms with Crippen molar-refractivity contribution in [1.29, 1.82) is 5.26 Å². The van der Waals surface area contributed by atoms with Crippen LogP contribution < -0.4 is 5.43 Å². The Balaban J connectivity index is 2.19. The van der Waals surface area contributed by atoms with Crippen LogP contribution in [0.25, 0.3) is 0 Å². The molecule has 2 aromatic rings. The summed E-state index contributed by atoms with van der Waals surface area (Å²) in [6, 6.07) is 7.04. The maximum atomic E-state index is 8.83. The Hall–Kier alpha value is -2.03. The maximum Gasteiger partial charge on any atom is 0.252 e. The minimum atomic E-state index is 0.139. The highest BCUT2D eigenvalue weighted by atomic mass is 35.5. The number of aromatic nitrogens is 1. The topological polar surface area (TPSA) is 74.2 Å². The lowest BCUT2D eigenvalue weighted by molar-refractivity contribution is 0.533. The van der Waals surface area contributed by atoms with Crippen molar-refractivity contribution in [3.05, 3.63) is 45.4 Å². The third kappa shape index (κ3) is 3.05. The number of rotatable bonds is 3. The van der Waals surface area contributed by atoms with Crippen molar-refractivity contribution < 1.29 is 4.42 Å². The highest BCUT2D eigenvalue weighted by Gasteiger charge is 2.09. The molecule has 0 unspecified atom stereocenters. The average molecular weight is 295 g/mol. The van der Waals surface area contributed by atoms with Crippen molar-refractivity contribution in [2.24, 2.45) is 5.10 Å². The summed E-state index contributed by atoms with van der Waals surface area (Å²) in [5.74, 6) is 0.560. The SMILES string of the molecule is Cc1nc(C#N)c(NN=Cc2c(Cl)cccc2Cl)o1. The van der Waals surface area contributed by atoms with Gasteiger partial charge < -0.3 is 4.42 Å². The van der Waals surface area contributed by atoms with Gasteiger partial charge in [0.05, 0.1) is 16.3 Å². The van der Waals surface area contributed by atoms with E-state index in [0.717, 1.165) is 0 Å². The summed E-state index contributed by atoms with van der Waals surface area (Å²) in [7, 11) is 0. The minimum absolute atomic E-state index is 0.139. The Bertz CT molecular complexity index is 653. The molecule has 0 fully saturated rings. The number of hydrogen-bond donors (Lipinski definition) is 1. The van der Waals surface area contributed by atoms with Crippen LogP contribution in [0, 0.1) is 18.3 Å². The van der Waals surface area contributed by atoms with Crippen LogP contribution in [0.1, 0.15) is 17.1 Å². The zero-order valence-electron chi connectivity index (χ0n) is 9.82. The zero-order valence-corrected chi connectivity index (χ0v) is 11.3. The van der Waals surface area contributed by atoms with Gasteiger partial charge in [-0.2, -0.15) is 10.4 Å². The van der Waals surface area contributed by atoms with E-state index in [1.165, 1.54) is 6.21 Å². The molecule has 0 spiro atoms. The summed E-state index contributed by atoms with van der Waals surface area (Å²) >= 11 is 12.0. The molecule has 0 saturated heterocycles. The van der Waals surface area contributed by atoms with E-state index in [1.54, 1.807) is 25.1 Å². The number of benzene rings is 1. The molecule has 0 aliphatic heterocycles. The highest BCUT2D eigenvalue weighted by molar-refractivity contribution is 6.38. The van der Waals surface area contributed by atoms with Gasteiger partial charge in [0, 0.05) is 12.5 Å². The van der Waals surface area contributed by atoms with Crippen molar-refractivity contribution in [2.75, 3.05) is 5.43 Å². The molecule has 0 saturated carbocycles. The Morgan fingerprint density at radius 1 is 1.42 bits per heavy atom. The molecule has 7 heteroatoms. The molecule has 1 aromatic heterocycles. The fourth-order valence-corrected chi connectivity index (χ4v) is 1.86. The molecule has 0 amide bonds. The Kier molecular flexibility index (Phi) is 4.05. The van der Waals surface area contributed by atoms with E-state index in [1.807, 2.05) is 6.07 Å². The molecule has 0 bridgehead atoms. The van der Waals surface area contributed by atoms with Crippen LogP contribution >= 0.6 is 23.2 Å². The number of hydrogen-bond acceptors (Lipinski definition) is 5. The first-order chi connectivity index (χ1) is 9.11. The molecule has 0 aliphatic carbocycles.